The molecule has 7 nitrogen and oxygen atoms in total. The summed E-state index contributed by atoms with van der Waals surface area (Å²) in [6, 6.07) is 1.76. The summed E-state index contributed by atoms with van der Waals surface area (Å²) in [6.45, 7) is 1.88. The van der Waals surface area contributed by atoms with Crippen molar-refractivity contribution in [1.29, 1.82) is 0 Å². The summed E-state index contributed by atoms with van der Waals surface area (Å²) < 4.78 is 1.69. The van der Waals surface area contributed by atoms with Gasteiger partial charge in [0.1, 0.15) is 6.33 Å². The number of H-pyrrole nitrogens is 1. The first-order valence-electron chi connectivity index (χ1n) is 5.31. The molecule has 0 unspecified atom stereocenters. The van der Waals surface area contributed by atoms with Gasteiger partial charge in [0.15, 0.2) is 5.69 Å². The van der Waals surface area contributed by atoms with Crippen LogP contribution in [0.25, 0.3) is 17.0 Å². The number of nitrogens with one attached hydrogen (secondary N) is 1. The minimum Gasteiger partial charge on any atom is -0.364 e. The SMILES string of the molecule is Cc1cncn1-c1nc(C(N)=O)c2[nH]ccc2n1. The fourth-order valence-electron chi connectivity index (χ4n) is 1.79. The normalized spacial score (nSPS) is 10.9. The highest BCUT2D eigenvalue weighted by Gasteiger charge is 2.14. The number of nitrogens with zero attached hydrogens (tertiary/aromatic N) is 4. The molecule has 0 aliphatic heterocycles. The van der Waals surface area contributed by atoms with Crippen LogP contribution in [0.1, 0.15) is 16.2 Å². The summed E-state index contributed by atoms with van der Waals surface area (Å²) >= 11 is 0. The van der Waals surface area contributed by atoms with Crippen molar-refractivity contribution in [2.75, 3.05) is 0 Å². The summed E-state index contributed by atoms with van der Waals surface area (Å²) in [7, 11) is 0. The van der Waals surface area contributed by atoms with Crippen molar-refractivity contribution in [2.45, 2.75) is 6.92 Å². The lowest BCUT2D eigenvalue weighted by atomic mass is 10.3. The monoisotopic (exact) mass is 242 g/mol. The van der Waals surface area contributed by atoms with E-state index in [1.54, 1.807) is 29.4 Å². The predicted molar refractivity (Wildman–Crippen MR) is 64.3 cm³/mol. The number of imidazole rings is 1. The molecule has 3 aromatic rings. The van der Waals surface area contributed by atoms with Crippen LogP contribution in [-0.2, 0) is 0 Å². The van der Waals surface area contributed by atoms with E-state index >= 15 is 0 Å². The lowest BCUT2D eigenvalue weighted by Gasteiger charge is -2.05. The smallest absolute Gasteiger partial charge is 0.269 e. The Labute approximate surface area is 102 Å². The van der Waals surface area contributed by atoms with Crippen molar-refractivity contribution in [1.82, 2.24) is 24.5 Å². The number of hydrogen-bond acceptors (Lipinski definition) is 4. The molecule has 0 spiro atoms. The minimum atomic E-state index is -0.594. The first-order chi connectivity index (χ1) is 8.66. The number of carbonyl (C=O) groups excluding carboxylic acids is 1. The number of amides is 1. The van der Waals surface area contributed by atoms with Crippen molar-refractivity contribution < 1.29 is 4.79 Å². The van der Waals surface area contributed by atoms with Crippen LogP contribution in [0.4, 0.5) is 0 Å². The molecule has 0 aromatic carbocycles. The van der Waals surface area contributed by atoms with Gasteiger partial charge in [0.05, 0.1) is 11.0 Å². The quantitative estimate of drug-likeness (QED) is 0.684. The van der Waals surface area contributed by atoms with Crippen LogP contribution in [0, 0.1) is 6.92 Å². The van der Waals surface area contributed by atoms with E-state index in [0.29, 0.717) is 17.0 Å². The Morgan fingerprint density at radius 1 is 1.44 bits per heavy atom. The van der Waals surface area contributed by atoms with E-state index in [1.165, 1.54) is 0 Å². The zero-order chi connectivity index (χ0) is 12.7. The summed E-state index contributed by atoms with van der Waals surface area (Å²) in [4.78, 5) is 26.8. The third-order valence-electron chi connectivity index (χ3n) is 2.67. The average Bonchev–Trinajstić information content (AvgIpc) is 2.95. The van der Waals surface area contributed by atoms with E-state index in [1.807, 2.05) is 6.92 Å². The van der Waals surface area contributed by atoms with Crippen LogP contribution in [-0.4, -0.2) is 30.4 Å². The van der Waals surface area contributed by atoms with E-state index in [0.717, 1.165) is 5.69 Å². The average molecular weight is 242 g/mol. The van der Waals surface area contributed by atoms with Gasteiger partial charge >= 0.3 is 0 Å². The Morgan fingerprint density at radius 2 is 2.28 bits per heavy atom. The Morgan fingerprint density at radius 3 is 2.94 bits per heavy atom. The number of hydrogen-bond donors (Lipinski definition) is 2. The van der Waals surface area contributed by atoms with E-state index in [4.69, 9.17) is 5.73 Å². The molecular weight excluding hydrogens is 232 g/mol. The molecule has 0 saturated carbocycles. The molecule has 3 rings (SSSR count). The van der Waals surface area contributed by atoms with Crippen LogP contribution < -0.4 is 5.73 Å². The van der Waals surface area contributed by atoms with Crippen LogP contribution in [0.3, 0.4) is 0 Å². The molecule has 0 atom stereocenters. The van der Waals surface area contributed by atoms with Gasteiger partial charge in [0, 0.05) is 18.1 Å². The van der Waals surface area contributed by atoms with Crippen molar-refractivity contribution >= 4 is 16.9 Å². The highest BCUT2D eigenvalue weighted by atomic mass is 16.1. The van der Waals surface area contributed by atoms with Gasteiger partial charge in [0.2, 0.25) is 5.95 Å². The second-order valence-electron chi connectivity index (χ2n) is 3.88. The molecule has 7 heteroatoms. The Balaban J connectivity index is 2.32. The molecule has 3 heterocycles. The van der Waals surface area contributed by atoms with E-state index in [-0.39, 0.29) is 5.69 Å². The molecule has 0 fully saturated rings. The maximum atomic E-state index is 11.4. The number of carbonyl (C=O) groups is 1. The molecule has 1 amide bonds. The van der Waals surface area contributed by atoms with E-state index in [2.05, 4.69) is 19.9 Å². The van der Waals surface area contributed by atoms with Gasteiger partial charge in [-0.2, -0.15) is 0 Å². The standard InChI is InChI=1S/C11H10N6O/c1-6-4-13-5-17(6)11-15-7-2-3-14-8(7)9(16-11)10(12)18/h2-5,14H,1H3,(H2,12,18). The summed E-state index contributed by atoms with van der Waals surface area (Å²) in [5.41, 5.74) is 7.56. The fourth-order valence-corrected chi connectivity index (χ4v) is 1.79. The van der Waals surface area contributed by atoms with Gasteiger partial charge in [-0.3, -0.25) is 9.36 Å². The molecule has 90 valence electrons. The van der Waals surface area contributed by atoms with Gasteiger partial charge in [-0.25, -0.2) is 15.0 Å². The molecular formula is C11H10N6O. The first kappa shape index (κ1) is 10.5. The maximum Gasteiger partial charge on any atom is 0.269 e. The maximum absolute atomic E-state index is 11.4. The molecule has 0 radical (unpaired) electrons. The van der Waals surface area contributed by atoms with Gasteiger partial charge in [0.25, 0.3) is 5.91 Å². The second-order valence-corrected chi connectivity index (χ2v) is 3.88. The van der Waals surface area contributed by atoms with Crippen LogP contribution in [0.2, 0.25) is 0 Å². The lowest BCUT2D eigenvalue weighted by molar-refractivity contribution is 0.0997. The molecule has 18 heavy (non-hydrogen) atoms. The third kappa shape index (κ3) is 1.45. The Bertz CT molecular complexity index is 741. The molecule has 0 bridgehead atoms. The topological polar surface area (TPSA) is 102 Å². The van der Waals surface area contributed by atoms with Gasteiger partial charge in [-0.1, -0.05) is 0 Å². The second kappa shape index (κ2) is 3.66. The highest BCUT2D eigenvalue weighted by Crippen LogP contribution is 2.16. The predicted octanol–water partition coefficient (Wildman–Crippen LogP) is 0.551. The number of aromatic nitrogens is 5. The van der Waals surface area contributed by atoms with E-state index in [9.17, 15) is 4.79 Å². The zero-order valence-corrected chi connectivity index (χ0v) is 9.58. The van der Waals surface area contributed by atoms with Crippen molar-refractivity contribution in [2.24, 2.45) is 5.73 Å². The Kier molecular flexibility index (Phi) is 2.12. The van der Waals surface area contributed by atoms with Gasteiger partial charge in [-0.15, -0.1) is 0 Å². The number of fused-ring (bicyclic) bond motifs is 1. The third-order valence-corrected chi connectivity index (χ3v) is 2.67. The molecule has 0 saturated heterocycles. The van der Waals surface area contributed by atoms with Crippen molar-refractivity contribution in [3.8, 4) is 5.95 Å². The highest BCUT2D eigenvalue weighted by molar-refractivity contribution is 6.02. The fraction of sp³-hybridized carbons (Fsp3) is 0.0909. The number of aryl methyl sites for hydroxylation is 1. The minimum absolute atomic E-state index is 0.174. The molecule has 3 aromatic heterocycles. The number of nitrogens with two attached hydrogens (primary N) is 1. The molecule has 3 N–H and O–H groups in total. The zero-order valence-electron chi connectivity index (χ0n) is 9.58. The van der Waals surface area contributed by atoms with Crippen LogP contribution in [0.15, 0.2) is 24.8 Å². The Hall–Kier alpha value is -2.70. The van der Waals surface area contributed by atoms with Crippen molar-refractivity contribution in [3.63, 3.8) is 0 Å². The largest absolute Gasteiger partial charge is 0.364 e. The molecule has 0 aliphatic rings. The first-order valence-corrected chi connectivity index (χ1v) is 5.31. The lowest BCUT2D eigenvalue weighted by Crippen LogP contribution is -2.16. The van der Waals surface area contributed by atoms with Gasteiger partial charge in [-0.05, 0) is 13.0 Å². The number of primary amides is 1. The van der Waals surface area contributed by atoms with Crippen LogP contribution >= 0.6 is 0 Å². The summed E-state index contributed by atoms with van der Waals surface area (Å²) in [5, 5.41) is 0. The molecule has 0 aliphatic carbocycles. The van der Waals surface area contributed by atoms with Crippen molar-refractivity contribution in [3.05, 3.63) is 36.2 Å². The number of aromatic amines is 1. The summed E-state index contributed by atoms with van der Waals surface area (Å²) in [6.07, 6.45) is 4.97. The summed E-state index contributed by atoms with van der Waals surface area (Å²) in [5.74, 6) is -0.213. The number of rotatable bonds is 2. The van der Waals surface area contributed by atoms with Gasteiger partial charge < -0.3 is 10.7 Å². The van der Waals surface area contributed by atoms with Crippen LogP contribution in [0.5, 0.6) is 0 Å². The van der Waals surface area contributed by atoms with E-state index < -0.39 is 5.91 Å².